The van der Waals surface area contributed by atoms with Crippen molar-refractivity contribution in [1.29, 1.82) is 0 Å². The molecule has 0 aromatic heterocycles. The quantitative estimate of drug-likeness (QED) is 0.141. The van der Waals surface area contributed by atoms with E-state index < -0.39 is 22.8 Å². The predicted molar refractivity (Wildman–Crippen MR) is 192 cm³/mol. The molecule has 0 heterocycles. The van der Waals surface area contributed by atoms with Crippen molar-refractivity contribution in [3.8, 4) is 11.1 Å². The maximum absolute atomic E-state index is 2.65. The molecular formula is C44H49Zr. The van der Waals surface area contributed by atoms with E-state index in [0.29, 0.717) is 3.63 Å². The fraction of sp³-hybridized carbons (Fsp3) is 0.341. The van der Waals surface area contributed by atoms with Crippen LogP contribution >= 0.6 is 0 Å². The minimum absolute atomic E-state index is 0.490. The van der Waals surface area contributed by atoms with Crippen LogP contribution in [-0.4, -0.2) is 3.21 Å². The molecule has 0 N–H and O–H groups in total. The summed E-state index contributed by atoms with van der Waals surface area (Å²) in [5.41, 5.74) is 20.8. The van der Waals surface area contributed by atoms with E-state index in [0.717, 1.165) is 25.7 Å². The van der Waals surface area contributed by atoms with Crippen LogP contribution in [0, 0.1) is 0 Å². The Morgan fingerprint density at radius 2 is 1.31 bits per heavy atom. The number of fused-ring (bicyclic) bond motifs is 3. The van der Waals surface area contributed by atoms with Crippen molar-refractivity contribution in [2.24, 2.45) is 0 Å². The Balaban J connectivity index is 1.79. The molecule has 6 rings (SSSR count). The minimum atomic E-state index is -1.23. The molecule has 0 saturated heterocycles. The molecule has 4 aromatic carbocycles. The van der Waals surface area contributed by atoms with E-state index in [9.17, 15) is 0 Å². The molecule has 0 saturated carbocycles. The fourth-order valence-electron chi connectivity index (χ4n) is 7.97. The monoisotopic (exact) mass is 667 g/mol. The Labute approximate surface area is 283 Å². The number of aryl methyl sites for hydroxylation is 2. The number of hydrogen-bond acceptors (Lipinski definition) is 0. The molecule has 2 aliphatic carbocycles. The van der Waals surface area contributed by atoms with Crippen LogP contribution in [0.3, 0.4) is 0 Å². The summed E-state index contributed by atoms with van der Waals surface area (Å²) in [7, 11) is 0. The van der Waals surface area contributed by atoms with E-state index in [4.69, 9.17) is 0 Å². The predicted octanol–water partition coefficient (Wildman–Crippen LogP) is 11.4. The van der Waals surface area contributed by atoms with Crippen molar-refractivity contribution in [1.82, 2.24) is 0 Å². The first kappa shape index (κ1) is 32.1. The molecule has 4 aromatic rings. The van der Waals surface area contributed by atoms with Gasteiger partial charge >= 0.3 is 285 Å². The summed E-state index contributed by atoms with van der Waals surface area (Å²) in [5.74, 6) is 0. The van der Waals surface area contributed by atoms with Gasteiger partial charge in [0.2, 0.25) is 0 Å². The van der Waals surface area contributed by atoms with E-state index >= 15 is 0 Å². The van der Waals surface area contributed by atoms with Crippen molar-refractivity contribution in [2.45, 2.75) is 96.0 Å². The Hall–Kier alpha value is -2.89. The fourth-order valence-corrected chi connectivity index (χ4v) is 12.3. The summed E-state index contributed by atoms with van der Waals surface area (Å²) in [6, 6.07) is 27.9. The van der Waals surface area contributed by atoms with Crippen LogP contribution in [-0.2, 0) is 54.9 Å². The number of hydrogen-bond donors (Lipinski definition) is 0. The third-order valence-corrected chi connectivity index (χ3v) is 14.1. The second-order valence-electron chi connectivity index (χ2n) is 12.8. The number of benzene rings is 4. The van der Waals surface area contributed by atoms with Gasteiger partial charge in [-0.3, -0.25) is 0 Å². The number of allylic oxidation sites excluding steroid dienone is 4. The Bertz CT molecular complexity index is 1710. The zero-order valence-electron chi connectivity index (χ0n) is 28.1. The second-order valence-corrected chi connectivity index (χ2v) is 16.1. The summed E-state index contributed by atoms with van der Waals surface area (Å²) < 4.78 is 2.11. The third kappa shape index (κ3) is 6.15. The van der Waals surface area contributed by atoms with Gasteiger partial charge in [0, 0.05) is 0 Å². The number of rotatable bonds is 12. The van der Waals surface area contributed by atoms with Gasteiger partial charge in [0.05, 0.1) is 0 Å². The van der Waals surface area contributed by atoms with Gasteiger partial charge < -0.3 is 0 Å². The average Bonchev–Trinajstić information content (AvgIpc) is 3.72. The molecule has 45 heavy (non-hydrogen) atoms. The topological polar surface area (TPSA) is 0 Å². The Morgan fingerprint density at radius 3 is 1.87 bits per heavy atom. The van der Waals surface area contributed by atoms with Gasteiger partial charge in [-0.15, -0.1) is 0 Å². The zero-order chi connectivity index (χ0) is 31.3. The van der Waals surface area contributed by atoms with Crippen LogP contribution < -0.4 is 0 Å². The molecule has 0 radical (unpaired) electrons. The first-order chi connectivity index (χ1) is 22.1. The molecular weight excluding hydrogens is 620 g/mol. The molecule has 0 nitrogen and oxygen atoms in total. The third-order valence-electron chi connectivity index (χ3n) is 9.82. The zero-order valence-corrected chi connectivity index (χ0v) is 30.6. The van der Waals surface area contributed by atoms with Crippen LogP contribution in [0.1, 0.15) is 120 Å². The van der Waals surface area contributed by atoms with Gasteiger partial charge in [0.15, 0.2) is 0 Å². The van der Waals surface area contributed by atoms with Gasteiger partial charge in [0.25, 0.3) is 0 Å². The second kappa shape index (κ2) is 14.7. The summed E-state index contributed by atoms with van der Waals surface area (Å²) in [5, 5.41) is 0. The molecule has 0 aliphatic heterocycles. The SMILES string of the molecule is CCCc1cc(CC)cc2c1-c1c(CCC)c(CCC)c(CC)c(C3=CC=CC3)c1[CH]2[Zr]=[C](c1ccccc1)c1ccccc1. The van der Waals surface area contributed by atoms with Crippen molar-refractivity contribution in [3.63, 3.8) is 0 Å². The van der Waals surface area contributed by atoms with Gasteiger partial charge in [-0.25, -0.2) is 0 Å². The van der Waals surface area contributed by atoms with Gasteiger partial charge in [-0.05, 0) is 0 Å². The van der Waals surface area contributed by atoms with E-state index in [1.807, 2.05) is 0 Å². The van der Waals surface area contributed by atoms with Crippen molar-refractivity contribution in [2.75, 3.05) is 0 Å². The average molecular weight is 669 g/mol. The molecule has 2 aliphatic rings. The summed E-state index contributed by atoms with van der Waals surface area (Å²) in [6.45, 7) is 11.9. The first-order valence-electron chi connectivity index (χ1n) is 17.6. The molecule has 1 heteroatoms. The molecule has 0 spiro atoms. The summed E-state index contributed by atoms with van der Waals surface area (Å²) in [6.07, 6.45) is 17.5. The van der Waals surface area contributed by atoms with Crippen LogP contribution in [0.5, 0.6) is 0 Å². The van der Waals surface area contributed by atoms with E-state index in [1.165, 1.54) is 48.8 Å². The van der Waals surface area contributed by atoms with Gasteiger partial charge in [-0.1, -0.05) is 0 Å². The molecule has 1 atom stereocenters. The van der Waals surface area contributed by atoms with Crippen molar-refractivity contribution < 1.29 is 22.8 Å². The first-order valence-corrected chi connectivity index (χ1v) is 20.3. The maximum atomic E-state index is 2.65. The van der Waals surface area contributed by atoms with E-state index in [1.54, 1.807) is 58.9 Å². The van der Waals surface area contributed by atoms with Crippen LogP contribution in [0.25, 0.3) is 16.7 Å². The molecule has 1 unspecified atom stereocenters. The molecule has 0 amide bonds. The van der Waals surface area contributed by atoms with Crippen molar-refractivity contribution >= 4 is 8.78 Å². The van der Waals surface area contributed by atoms with Crippen molar-refractivity contribution in [3.05, 3.63) is 147 Å². The van der Waals surface area contributed by atoms with Gasteiger partial charge in [-0.2, -0.15) is 0 Å². The standard InChI is InChI=1S/C31H39.C13H10.Zr/c1-6-13-23-18-21(9-4)19-24-20-28-30(22-16-11-12-17-22)25(10-5)26(14-7-2)27(15-8-3)31(28)29(23)24;1-3-7-12(8-4-1)11-13-9-5-2-6-10-13;/h11-12,16,18-20H,6-10,13-15,17H2,1-5H3;1-10H;. The summed E-state index contributed by atoms with van der Waals surface area (Å²) in [4.78, 5) is 0. The van der Waals surface area contributed by atoms with Crippen LogP contribution in [0.4, 0.5) is 0 Å². The molecule has 0 fully saturated rings. The molecule has 0 bridgehead atoms. The Kier molecular flexibility index (Phi) is 10.5. The van der Waals surface area contributed by atoms with Gasteiger partial charge in [0.1, 0.15) is 0 Å². The normalized spacial score (nSPS) is 14.7. The Morgan fingerprint density at radius 1 is 0.667 bits per heavy atom. The van der Waals surface area contributed by atoms with Crippen LogP contribution in [0.2, 0.25) is 0 Å². The molecule has 229 valence electrons. The van der Waals surface area contributed by atoms with E-state index in [2.05, 4.69) is 126 Å². The van der Waals surface area contributed by atoms with E-state index in [-0.39, 0.29) is 0 Å². The summed E-state index contributed by atoms with van der Waals surface area (Å²) >= 11 is -1.23. The van der Waals surface area contributed by atoms with Crippen LogP contribution in [0.15, 0.2) is 91.0 Å².